The van der Waals surface area contributed by atoms with Gasteiger partial charge in [-0.2, -0.15) is 5.10 Å². The summed E-state index contributed by atoms with van der Waals surface area (Å²) in [6.45, 7) is 7.65. The van der Waals surface area contributed by atoms with E-state index >= 15 is 0 Å². The van der Waals surface area contributed by atoms with Crippen LogP contribution in [0.15, 0.2) is 18.2 Å². The first-order chi connectivity index (χ1) is 9.54. The Kier molecular flexibility index (Phi) is 4.55. The van der Waals surface area contributed by atoms with Crippen LogP contribution in [0, 0.1) is 19.7 Å². The zero-order chi connectivity index (χ0) is 14.7. The Labute approximate surface area is 119 Å². The molecule has 0 saturated heterocycles. The van der Waals surface area contributed by atoms with Gasteiger partial charge in [-0.05, 0) is 38.4 Å². The van der Waals surface area contributed by atoms with E-state index in [1.54, 1.807) is 10.7 Å². The van der Waals surface area contributed by atoms with Crippen molar-refractivity contribution in [2.24, 2.45) is 7.05 Å². The molecule has 1 aromatic carbocycles. The molecule has 2 rings (SSSR count). The van der Waals surface area contributed by atoms with Gasteiger partial charge in [0.2, 0.25) is 0 Å². The lowest BCUT2D eigenvalue weighted by Crippen LogP contribution is -2.13. The second-order valence-electron chi connectivity index (χ2n) is 5.16. The predicted molar refractivity (Wildman–Crippen MR) is 80.1 cm³/mol. The SMILES string of the molecule is CCCNCc1ccc(-c2c(C)nn(C)c2C)c(F)c1. The van der Waals surface area contributed by atoms with Gasteiger partial charge in [0.1, 0.15) is 5.82 Å². The molecule has 1 aromatic heterocycles. The summed E-state index contributed by atoms with van der Waals surface area (Å²) < 4.78 is 16.1. The van der Waals surface area contributed by atoms with Crippen molar-refractivity contribution in [3.8, 4) is 11.1 Å². The number of nitrogens with zero attached hydrogens (tertiary/aromatic N) is 2. The van der Waals surface area contributed by atoms with E-state index in [0.29, 0.717) is 12.1 Å². The molecule has 1 N–H and O–H groups in total. The van der Waals surface area contributed by atoms with Crippen molar-refractivity contribution in [2.75, 3.05) is 6.54 Å². The number of benzene rings is 1. The van der Waals surface area contributed by atoms with Crippen LogP contribution < -0.4 is 5.32 Å². The standard InChI is InChI=1S/C16H22FN3/c1-5-8-18-10-13-6-7-14(15(17)9-13)16-11(2)19-20(4)12(16)3/h6-7,9,18H,5,8,10H2,1-4H3. The van der Waals surface area contributed by atoms with Crippen molar-refractivity contribution in [1.29, 1.82) is 0 Å². The van der Waals surface area contributed by atoms with Gasteiger partial charge in [0.05, 0.1) is 5.69 Å². The molecule has 0 amide bonds. The topological polar surface area (TPSA) is 29.9 Å². The van der Waals surface area contributed by atoms with Gasteiger partial charge in [-0.25, -0.2) is 4.39 Å². The lowest BCUT2D eigenvalue weighted by atomic mass is 10.0. The summed E-state index contributed by atoms with van der Waals surface area (Å²) in [5.41, 5.74) is 4.35. The van der Waals surface area contributed by atoms with Crippen LogP contribution in [0.3, 0.4) is 0 Å². The van der Waals surface area contributed by atoms with Crippen molar-refractivity contribution in [3.05, 3.63) is 41.0 Å². The number of hydrogen-bond acceptors (Lipinski definition) is 2. The first-order valence-corrected chi connectivity index (χ1v) is 7.04. The normalized spacial score (nSPS) is 11.1. The summed E-state index contributed by atoms with van der Waals surface area (Å²) in [6.07, 6.45) is 1.08. The smallest absolute Gasteiger partial charge is 0.131 e. The van der Waals surface area contributed by atoms with Crippen molar-refractivity contribution in [1.82, 2.24) is 15.1 Å². The molecule has 0 unspecified atom stereocenters. The predicted octanol–water partition coefficient (Wildman–Crippen LogP) is 3.34. The summed E-state index contributed by atoms with van der Waals surface area (Å²) >= 11 is 0. The van der Waals surface area contributed by atoms with Crippen molar-refractivity contribution in [3.63, 3.8) is 0 Å². The highest BCUT2D eigenvalue weighted by atomic mass is 19.1. The second kappa shape index (κ2) is 6.18. The summed E-state index contributed by atoms with van der Waals surface area (Å²) in [7, 11) is 1.88. The molecular weight excluding hydrogens is 253 g/mol. The largest absolute Gasteiger partial charge is 0.313 e. The van der Waals surface area contributed by atoms with Crippen molar-refractivity contribution < 1.29 is 4.39 Å². The Hall–Kier alpha value is -1.68. The minimum atomic E-state index is -0.181. The number of aromatic nitrogens is 2. The fourth-order valence-corrected chi connectivity index (χ4v) is 2.44. The maximum absolute atomic E-state index is 14.3. The molecular formula is C16H22FN3. The monoisotopic (exact) mass is 275 g/mol. The van der Waals surface area contributed by atoms with Crippen LogP contribution in [0.1, 0.15) is 30.3 Å². The third kappa shape index (κ3) is 2.90. The van der Waals surface area contributed by atoms with E-state index in [2.05, 4.69) is 17.3 Å². The van der Waals surface area contributed by atoms with Crippen LogP contribution in [-0.2, 0) is 13.6 Å². The van der Waals surface area contributed by atoms with Crippen LogP contribution in [0.4, 0.5) is 4.39 Å². The van der Waals surface area contributed by atoms with Gasteiger partial charge < -0.3 is 5.32 Å². The van der Waals surface area contributed by atoms with Gasteiger partial charge in [-0.3, -0.25) is 4.68 Å². The molecule has 0 saturated carbocycles. The van der Waals surface area contributed by atoms with Gasteiger partial charge in [0, 0.05) is 30.4 Å². The molecule has 0 fully saturated rings. The van der Waals surface area contributed by atoms with E-state index in [0.717, 1.165) is 35.5 Å². The van der Waals surface area contributed by atoms with E-state index < -0.39 is 0 Å². The van der Waals surface area contributed by atoms with Gasteiger partial charge in [-0.15, -0.1) is 0 Å². The van der Waals surface area contributed by atoms with Crippen molar-refractivity contribution in [2.45, 2.75) is 33.7 Å². The number of rotatable bonds is 5. The molecule has 0 aliphatic carbocycles. The fraction of sp³-hybridized carbons (Fsp3) is 0.438. The quantitative estimate of drug-likeness (QED) is 0.848. The summed E-state index contributed by atoms with van der Waals surface area (Å²) in [4.78, 5) is 0. The summed E-state index contributed by atoms with van der Waals surface area (Å²) in [5.74, 6) is -0.181. The van der Waals surface area contributed by atoms with Crippen LogP contribution in [0.25, 0.3) is 11.1 Å². The first kappa shape index (κ1) is 14.7. The van der Waals surface area contributed by atoms with E-state index in [1.165, 1.54) is 0 Å². The second-order valence-corrected chi connectivity index (χ2v) is 5.16. The Morgan fingerprint density at radius 1 is 1.30 bits per heavy atom. The Bertz CT molecular complexity index is 602. The molecule has 0 bridgehead atoms. The number of hydrogen-bond donors (Lipinski definition) is 1. The molecule has 0 radical (unpaired) electrons. The highest BCUT2D eigenvalue weighted by molar-refractivity contribution is 5.69. The Balaban J connectivity index is 2.30. The minimum Gasteiger partial charge on any atom is -0.313 e. The van der Waals surface area contributed by atoms with Crippen molar-refractivity contribution >= 4 is 0 Å². The average molecular weight is 275 g/mol. The third-order valence-corrected chi connectivity index (χ3v) is 3.57. The molecule has 4 heteroatoms. The van der Waals surface area contributed by atoms with E-state index in [-0.39, 0.29) is 5.82 Å². The molecule has 0 aliphatic heterocycles. The van der Waals surface area contributed by atoms with E-state index in [1.807, 2.05) is 33.0 Å². The maximum atomic E-state index is 14.3. The van der Waals surface area contributed by atoms with Gasteiger partial charge >= 0.3 is 0 Å². The zero-order valence-corrected chi connectivity index (χ0v) is 12.6. The molecule has 108 valence electrons. The number of aryl methyl sites for hydroxylation is 2. The fourth-order valence-electron chi connectivity index (χ4n) is 2.44. The van der Waals surface area contributed by atoms with Crippen LogP contribution in [0.5, 0.6) is 0 Å². The van der Waals surface area contributed by atoms with Gasteiger partial charge in [0.15, 0.2) is 0 Å². The van der Waals surface area contributed by atoms with Gasteiger partial charge in [0.25, 0.3) is 0 Å². The zero-order valence-electron chi connectivity index (χ0n) is 12.6. The summed E-state index contributed by atoms with van der Waals surface area (Å²) in [6, 6.07) is 5.45. The van der Waals surface area contributed by atoms with E-state index in [4.69, 9.17) is 0 Å². The Morgan fingerprint density at radius 2 is 2.05 bits per heavy atom. The van der Waals surface area contributed by atoms with Gasteiger partial charge in [-0.1, -0.05) is 19.1 Å². The molecule has 0 atom stereocenters. The van der Waals surface area contributed by atoms with Crippen LogP contribution in [-0.4, -0.2) is 16.3 Å². The average Bonchev–Trinajstić information content (AvgIpc) is 2.65. The van der Waals surface area contributed by atoms with Crippen LogP contribution in [0.2, 0.25) is 0 Å². The highest BCUT2D eigenvalue weighted by Crippen LogP contribution is 2.29. The van der Waals surface area contributed by atoms with E-state index in [9.17, 15) is 4.39 Å². The molecule has 0 aliphatic rings. The number of halogens is 1. The molecule has 20 heavy (non-hydrogen) atoms. The number of nitrogens with one attached hydrogen (secondary N) is 1. The minimum absolute atomic E-state index is 0.181. The summed E-state index contributed by atoms with van der Waals surface area (Å²) in [5, 5.41) is 7.63. The molecule has 1 heterocycles. The lowest BCUT2D eigenvalue weighted by molar-refractivity contribution is 0.622. The highest BCUT2D eigenvalue weighted by Gasteiger charge is 2.15. The lowest BCUT2D eigenvalue weighted by Gasteiger charge is -2.08. The Morgan fingerprint density at radius 3 is 2.60 bits per heavy atom. The van der Waals surface area contributed by atoms with Crippen LogP contribution >= 0.6 is 0 Å². The maximum Gasteiger partial charge on any atom is 0.131 e. The molecule has 0 spiro atoms. The third-order valence-electron chi connectivity index (χ3n) is 3.57. The molecule has 2 aromatic rings. The molecule has 3 nitrogen and oxygen atoms in total. The first-order valence-electron chi connectivity index (χ1n) is 7.04.